The quantitative estimate of drug-likeness (QED) is 0.654. The highest BCUT2D eigenvalue weighted by atomic mass is 32.2. The summed E-state index contributed by atoms with van der Waals surface area (Å²) in [6.45, 7) is 3.56. The van der Waals surface area contributed by atoms with Crippen LogP contribution in [-0.2, 0) is 0 Å². The van der Waals surface area contributed by atoms with Crippen LogP contribution >= 0.6 is 11.8 Å². The van der Waals surface area contributed by atoms with E-state index >= 15 is 0 Å². The van der Waals surface area contributed by atoms with Crippen molar-refractivity contribution in [2.75, 3.05) is 18.6 Å². The summed E-state index contributed by atoms with van der Waals surface area (Å²) in [5, 5.41) is 3.70. The molecule has 0 aromatic carbocycles. The van der Waals surface area contributed by atoms with E-state index in [0.717, 1.165) is 12.0 Å². The van der Waals surface area contributed by atoms with Gasteiger partial charge in [0.15, 0.2) is 0 Å². The maximum absolute atomic E-state index is 3.70. The molecule has 14 heavy (non-hydrogen) atoms. The average molecular weight is 215 g/mol. The lowest BCUT2D eigenvalue weighted by Crippen LogP contribution is -2.27. The van der Waals surface area contributed by atoms with Gasteiger partial charge >= 0.3 is 0 Å². The first kappa shape index (κ1) is 12.4. The number of thioether (sulfide) groups is 1. The average Bonchev–Trinajstić information content (AvgIpc) is 2.65. The smallest absolute Gasteiger partial charge is 0.00698 e. The van der Waals surface area contributed by atoms with Crippen LogP contribution in [0.15, 0.2) is 0 Å². The molecular weight excluding hydrogens is 190 g/mol. The van der Waals surface area contributed by atoms with Crippen molar-refractivity contribution < 1.29 is 0 Å². The largest absolute Gasteiger partial charge is 0.314 e. The number of rotatable bonds is 7. The van der Waals surface area contributed by atoms with Gasteiger partial charge in [-0.25, -0.2) is 0 Å². The molecule has 0 bridgehead atoms. The summed E-state index contributed by atoms with van der Waals surface area (Å²) in [6.07, 6.45) is 10.6. The second-order valence-electron chi connectivity index (χ2n) is 4.44. The Morgan fingerprint density at radius 3 is 2.79 bits per heavy atom. The van der Waals surface area contributed by atoms with Crippen LogP contribution in [-0.4, -0.2) is 24.6 Å². The van der Waals surface area contributed by atoms with Crippen LogP contribution in [0.25, 0.3) is 0 Å². The van der Waals surface area contributed by atoms with Gasteiger partial charge in [0.1, 0.15) is 0 Å². The number of nitrogens with one attached hydrogen (secondary N) is 1. The molecule has 1 fully saturated rings. The summed E-state index contributed by atoms with van der Waals surface area (Å²) in [7, 11) is 0. The van der Waals surface area contributed by atoms with E-state index in [1.54, 1.807) is 0 Å². The first-order valence-corrected chi connectivity index (χ1v) is 7.48. The van der Waals surface area contributed by atoms with Crippen LogP contribution in [0.4, 0.5) is 0 Å². The Morgan fingerprint density at radius 2 is 2.14 bits per heavy atom. The van der Waals surface area contributed by atoms with E-state index in [0.29, 0.717) is 0 Å². The van der Waals surface area contributed by atoms with Gasteiger partial charge in [0.25, 0.3) is 0 Å². The van der Waals surface area contributed by atoms with Crippen molar-refractivity contribution in [2.24, 2.45) is 5.92 Å². The Labute approximate surface area is 93.4 Å². The zero-order chi connectivity index (χ0) is 10.2. The van der Waals surface area contributed by atoms with Crippen molar-refractivity contribution >= 4 is 11.8 Å². The SMILES string of the molecule is CCC1CCC(NCCCCSC)C1. The molecule has 1 aliphatic carbocycles. The van der Waals surface area contributed by atoms with Crippen LogP contribution in [0.3, 0.4) is 0 Å². The molecular formula is C12H25NS. The molecule has 1 nitrogen and oxygen atoms in total. The zero-order valence-corrected chi connectivity index (χ0v) is 10.5. The maximum Gasteiger partial charge on any atom is 0.00698 e. The van der Waals surface area contributed by atoms with Crippen molar-refractivity contribution in [3.63, 3.8) is 0 Å². The summed E-state index contributed by atoms with van der Waals surface area (Å²) in [4.78, 5) is 0. The Hall–Kier alpha value is 0.310. The molecule has 0 spiro atoms. The summed E-state index contributed by atoms with van der Waals surface area (Å²) in [6, 6.07) is 0.842. The van der Waals surface area contributed by atoms with Gasteiger partial charge in [-0.15, -0.1) is 0 Å². The van der Waals surface area contributed by atoms with Crippen molar-refractivity contribution in [3.05, 3.63) is 0 Å². The molecule has 1 N–H and O–H groups in total. The van der Waals surface area contributed by atoms with E-state index in [9.17, 15) is 0 Å². The molecule has 0 aromatic heterocycles. The summed E-state index contributed by atoms with van der Waals surface area (Å²) in [5.74, 6) is 2.34. The predicted octanol–water partition coefficient (Wildman–Crippen LogP) is 3.30. The fraction of sp³-hybridized carbons (Fsp3) is 1.00. The predicted molar refractivity (Wildman–Crippen MR) is 67.0 cm³/mol. The summed E-state index contributed by atoms with van der Waals surface area (Å²) >= 11 is 1.96. The van der Waals surface area contributed by atoms with Gasteiger partial charge in [-0.1, -0.05) is 13.3 Å². The van der Waals surface area contributed by atoms with E-state index < -0.39 is 0 Å². The van der Waals surface area contributed by atoms with Gasteiger partial charge in [-0.05, 0) is 56.6 Å². The molecule has 2 atom stereocenters. The molecule has 84 valence electrons. The van der Waals surface area contributed by atoms with Gasteiger partial charge in [-0.2, -0.15) is 11.8 Å². The molecule has 0 saturated heterocycles. The van der Waals surface area contributed by atoms with E-state index in [-0.39, 0.29) is 0 Å². The van der Waals surface area contributed by atoms with Crippen LogP contribution in [0, 0.1) is 5.92 Å². The number of hydrogen-bond donors (Lipinski definition) is 1. The van der Waals surface area contributed by atoms with Gasteiger partial charge in [0.2, 0.25) is 0 Å². The zero-order valence-electron chi connectivity index (χ0n) is 9.72. The third-order valence-corrected chi connectivity index (χ3v) is 4.02. The summed E-state index contributed by atoms with van der Waals surface area (Å²) in [5.41, 5.74) is 0. The highest BCUT2D eigenvalue weighted by Gasteiger charge is 2.22. The number of hydrogen-bond acceptors (Lipinski definition) is 2. The van der Waals surface area contributed by atoms with E-state index in [1.165, 1.54) is 50.8 Å². The van der Waals surface area contributed by atoms with Crippen LogP contribution in [0.5, 0.6) is 0 Å². The molecule has 0 radical (unpaired) electrons. The molecule has 1 rings (SSSR count). The molecule has 0 aromatic rings. The lowest BCUT2D eigenvalue weighted by Gasteiger charge is -2.12. The Balaban J connectivity index is 1.92. The molecule has 1 saturated carbocycles. The first-order chi connectivity index (χ1) is 6.86. The maximum atomic E-state index is 3.70. The van der Waals surface area contributed by atoms with Crippen LogP contribution in [0.2, 0.25) is 0 Å². The Kier molecular flexibility index (Phi) is 6.70. The third-order valence-electron chi connectivity index (χ3n) is 3.33. The molecule has 1 aliphatic rings. The van der Waals surface area contributed by atoms with Gasteiger partial charge in [-0.3, -0.25) is 0 Å². The van der Waals surface area contributed by atoms with Gasteiger partial charge in [0, 0.05) is 6.04 Å². The van der Waals surface area contributed by atoms with Crippen LogP contribution in [0.1, 0.15) is 45.4 Å². The van der Waals surface area contributed by atoms with Crippen molar-refractivity contribution in [1.29, 1.82) is 0 Å². The lowest BCUT2D eigenvalue weighted by atomic mass is 10.1. The first-order valence-electron chi connectivity index (χ1n) is 6.09. The topological polar surface area (TPSA) is 12.0 Å². The molecule has 2 heteroatoms. The highest BCUT2D eigenvalue weighted by Crippen LogP contribution is 2.27. The minimum atomic E-state index is 0.842. The molecule has 2 unspecified atom stereocenters. The van der Waals surface area contributed by atoms with Crippen molar-refractivity contribution in [3.8, 4) is 0 Å². The summed E-state index contributed by atoms with van der Waals surface area (Å²) < 4.78 is 0. The Morgan fingerprint density at radius 1 is 1.29 bits per heavy atom. The van der Waals surface area contributed by atoms with E-state index in [4.69, 9.17) is 0 Å². The van der Waals surface area contributed by atoms with Crippen molar-refractivity contribution in [1.82, 2.24) is 5.32 Å². The number of unbranched alkanes of at least 4 members (excludes halogenated alkanes) is 1. The normalized spacial score (nSPS) is 27.0. The van der Waals surface area contributed by atoms with Gasteiger partial charge < -0.3 is 5.32 Å². The van der Waals surface area contributed by atoms with Gasteiger partial charge in [0.05, 0.1) is 0 Å². The van der Waals surface area contributed by atoms with Crippen molar-refractivity contribution in [2.45, 2.75) is 51.5 Å². The van der Waals surface area contributed by atoms with E-state index in [1.807, 2.05) is 11.8 Å². The third kappa shape index (κ3) is 4.70. The lowest BCUT2D eigenvalue weighted by molar-refractivity contribution is 0.473. The molecule has 0 heterocycles. The highest BCUT2D eigenvalue weighted by molar-refractivity contribution is 7.98. The fourth-order valence-corrected chi connectivity index (χ4v) is 2.80. The monoisotopic (exact) mass is 215 g/mol. The second kappa shape index (κ2) is 7.58. The molecule has 0 aliphatic heterocycles. The molecule has 0 amide bonds. The minimum absolute atomic E-state index is 0.842. The Bertz CT molecular complexity index is 138. The fourth-order valence-electron chi connectivity index (χ4n) is 2.31. The second-order valence-corrected chi connectivity index (χ2v) is 5.42. The van der Waals surface area contributed by atoms with Crippen LogP contribution < -0.4 is 5.32 Å². The minimum Gasteiger partial charge on any atom is -0.314 e. The standard InChI is InChI=1S/C12H25NS/c1-3-11-6-7-12(10-11)13-8-4-5-9-14-2/h11-13H,3-10H2,1-2H3. The van der Waals surface area contributed by atoms with E-state index in [2.05, 4.69) is 18.5 Å².